The van der Waals surface area contributed by atoms with E-state index in [9.17, 15) is 4.79 Å². The predicted molar refractivity (Wildman–Crippen MR) is 65.0 cm³/mol. The van der Waals surface area contributed by atoms with Gasteiger partial charge in [0.25, 0.3) is 0 Å². The van der Waals surface area contributed by atoms with Gasteiger partial charge in [-0.25, -0.2) is 9.78 Å². The highest BCUT2D eigenvalue weighted by Gasteiger charge is 2.05. The molecule has 0 spiro atoms. The van der Waals surface area contributed by atoms with Crippen LogP contribution in [0.3, 0.4) is 0 Å². The van der Waals surface area contributed by atoms with Crippen LogP contribution in [0.1, 0.15) is 30.1 Å². The van der Waals surface area contributed by atoms with E-state index in [4.69, 9.17) is 9.84 Å². The third-order valence-corrected chi connectivity index (χ3v) is 2.17. The van der Waals surface area contributed by atoms with Crippen LogP contribution in [0.15, 0.2) is 18.3 Å². The number of hydrogen-bond donors (Lipinski definition) is 2. The van der Waals surface area contributed by atoms with Crippen LogP contribution in [0.2, 0.25) is 0 Å². The number of carbonyl (C=O) groups excluding carboxylic acids is 1. The van der Waals surface area contributed by atoms with Crippen LogP contribution in [-0.4, -0.2) is 35.8 Å². The third-order valence-electron chi connectivity index (χ3n) is 2.17. The monoisotopic (exact) mass is 238 g/mol. The van der Waals surface area contributed by atoms with E-state index in [0.29, 0.717) is 12.2 Å². The Morgan fingerprint density at radius 2 is 2.29 bits per heavy atom. The molecule has 0 aliphatic heterocycles. The van der Waals surface area contributed by atoms with Gasteiger partial charge in [0.1, 0.15) is 5.82 Å². The maximum absolute atomic E-state index is 11.3. The van der Waals surface area contributed by atoms with Crippen LogP contribution in [0.5, 0.6) is 0 Å². The van der Waals surface area contributed by atoms with Gasteiger partial charge in [-0.05, 0) is 31.9 Å². The van der Waals surface area contributed by atoms with Crippen LogP contribution >= 0.6 is 0 Å². The summed E-state index contributed by atoms with van der Waals surface area (Å²) in [5.41, 5.74) is 0.452. The maximum atomic E-state index is 11.3. The lowest BCUT2D eigenvalue weighted by atomic mass is 10.3. The quantitative estimate of drug-likeness (QED) is 0.555. The summed E-state index contributed by atoms with van der Waals surface area (Å²) in [6.45, 7) is 3.09. The summed E-state index contributed by atoms with van der Waals surface area (Å²) in [6, 6.07) is 3.42. The van der Waals surface area contributed by atoms with Crippen molar-refractivity contribution < 1.29 is 14.6 Å². The van der Waals surface area contributed by atoms with E-state index in [2.05, 4.69) is 10.3 Å². The van der Waals surface area contributed by atoms with Crippen molar-refractivity contribution in [3.63, 3.8) is 0 Å². The molecule has 0 saturated carbocycles. The Morgan fingerprint density at radius 1 is 1.47 bits per heavy atom. The molecule has 0 aliphatic carbocycles. The number of hydrogen-bond acceptors (Lipinski definition) is 5. The zero-order chi connectivity index (χ0) is 12.5. The molecule has 0 aromatic carbocycles. The fourth-order valence-electron chi connectivity index (χ4n) is 1.29. The van der Waals surface area contributed by atoms with Crippen molar-refractivity contribution in [1.29, 1.82) is 0 Å². The van der Waals surface area contributed by atoms with Gasteiger partial charge in [0.05, 0.1) is 12.2 Å². The summed E-state index contributed by atoms with van der Waals surface area (Å²) in [5, 5.41) is 11.7. The Balaban J connectivity index is 2.42. The van der Waals surface area contributed by atoms with Crippen molar-refractivity contribution in [3.8, 4) is 0 Å². The molecular formula is C12H18N2O3. The minimum absolute atomic E-state index is 0.205. The highest BCUT2D eigenvalue weighted by Crippen LogP contribution is 2.06. The van der Waals surface area contributed by atoms with Crippen molar-refractivity contribution in [2.24, 2.45) is 0 Å². The minimum atomic E-state index is -0.355. The van der Waals surface area contributed by atoms with E-state index in [-0.39, 0.29) is 12.6 Å². The fraction of sp³-hybridized carbons (Fsp3) is 0.500. The van der Waals surface area contributed by atoms with Crippen molar-refractivity contribution in [2.75, 3.05) is 25.1 Å². The van der Waals surface area contributed by atoms with E-state index < -0.39 is 0 Å². The van der Waals surface area contributed by atoms with Gasteiger partial charge in [0, 0.05) is 19.3 Å². The molecule has 0 amide bonds. The van der Waals surface area contributed by atoms with Crippen molar-refractivity contribution >= 4 is 11.8 Å². The van der Waals surface area contributed by atoms with Gasteiger partial charge in [-0.15, -0.1) is 0 Å². The molecule has 1 aromatic heterocycles. The first-order valence-corrected chi connectivity index (χ1v) is 5.75. The molecular weight excluding hydrogens is 220 g/mol. The smallest absolute Gasteiger partial charge is 0.339 e. The normalized spacial score (nSPS) is 10.0. The van der Waals surface area contributed by atoms with Crippen molar-refractivity contribution in [2.45, 2.75) is 19.8 Å². The molecule has 0 atom stereocenters. The summed E-state index contributed by atoms with van der Waals surface area (Å²) in [6.07, 6.45) is 3.15. The van der Waals surface area contributed by atoms with Gasteiger partial charge in [0.2, 0.25) is 0 Å². The molecule has 5 nitrogen and oxygen atoms in total. The van der Waals surface area contributed by atoms with Gasteiger partial charge in [-0.2, -0.15) is 0 Å². The Morgan fingerprint density at radius 3 is 2.88 bits per heavy atom. The zero-order valence-electron chi connectivity index (χ0n) is 9.98. The molecule has 0 bridgehead atoms. The Labute approximate surface area is 101 Å². The number of pyridine rings is 1. The van der Waals surface area contributed by atoms with Gasteiger partial charge < -0.3 is 15.2 Å². The molecule has 94 valence electrons. The number of carbonyl (C=O) groups is 1. The summed E-state index contributed by atoms with van der Waals surface area (Å²) >= 11 is 0. The third kappa shape index (κ3) is 4.82. The second-order valence-corrected chi connectivity index (χ2v) is 3.51. The first-order chi connectivity index (χ1) is 8.27. The molecule has 0 radical (unpaired) electrons. The summed E-state index contributed by atoms with van der Waals surface area (Å²) in [5.74, 6) is 0.364. The van der Waals surface area contributed by atoms with E-state index in [1.807, 2.05) is 0 Å². The highest BCUT2D eigenvalue weighted by molar-refractivity contribution is 5.89. The molecule has 17 heavy (non-hydrogen) atoms. The lowest BCUT2D eigenvalue weighted by molar-refractivity contribution is 0.0526. The number of nitrogens with zero attached hydrogens (tertiary/aromatic N) is 1. The molecule has 1 rings (SSSR count). The van der Waals surface area contributed by atoms with Crippen molar-refractivity contribution in [1.82, 2.24) is 4.98 Å². The number of aliphatic hydroxyl groups is 1. The van der Waals surface area contributed by atoms with E-state index in [0.717, 1.165) is 25.2 Å². The average Bonchev–Trinajstić information content (AvgIpc) is 2.36. The topological polar surface area (TPSA) is 71.5 Å². The Kier molecular flexibility index (Phi) is 6.03. The van der Waals surface area contributed by atoms with Crippen LogP contribution in [0.25, 0.3) is 0 Å². The van der Waals surface area contributed by atoms with E-state index in [1.54, 1.807) is 19.1 Å². The number of esters is 1. The van der Waals surface area contributed by atoms with Crippen LogP contribution in [0, 0.1) is 0 Å². The van der Waals surface area contributed by atoms with Gasteiger partial charge >= 0.3 is 5.97 Å². The van der Waals surface area contributed by atoms with Gasteiger partial charge in [-0.1, -0.05) is 0 Å². The van der Waals surface area contributed by atoms with E-state index in [1.165, 1.54) is 6.20 Å². The van der Waals surface area contributed by atoms with Gasteiger partial charge in [-0.3, -0.25) is 0 Å². The molecule has 0 fully saturated rings. The standard InChI is InChI=1S/C12H18N2O3/c1-2-17-12(16)10-5-6-11(14-9-10)13-7-3-4-8-15/h5-6,9,15H,2-4,7-8H2,1H3,(H,13,14). The molecule has 1 aromatic rings. The first kappa shape index (κ1) is 13.4. The number of rotatable bonds is 7. The number of aromatic nitrogens is 1. The predicted octanol–water partition coefficient (Wildman–Crippen LogP) is 1.44. The van der Waals surface area contributed by atoms with Crippen molar-refractivity contribution in [3.05, 3.63) is 23.9 Å². The van der Waals surface area contributed by atoms with Gasteiger partial charge in [0.15, 0.2) is 0 Å². The lowest BCUT2D eigenvalue weighted by Gasteiger charge is -2.05. The average molecular weight is 238 g/mol. The number of aliphatic hydroxyl groups excluding tert-OH is 1. The molecule has 2 N–H and O–H groups in total. The first-order valence-electron chi connectivity index (χ1n) is 5.75. The largest absolute Gasteiger partial charge is 0.462 e. The summed E-state index contributed by atoms with van der Waals surface area (Å²) in [4.78, 5) is 15.4. The SMILES string of the molecule is CCOC(=O)c1ccc(NCCCCO)nc1. The summed E-state index contributed by atoms with van der Waals surface area (Å²) < 4.78 is 4.85. The zero-order valence-corrected chi connectivity index (χ0v) is 9.98. The van der Waals surface area contributed by atoms with Crippen LogP contribution in [0.4, 0.5) is 5.82 Å². The molecule has 1 heterocycles. The second kappa shape index (κ2) is 7.62. The maximum Gasteiger partial charge on any atom is 0.339 e. The Hall–Kier alpha value is -1.62. The number of anilines is 1. The Bertz CT molecular complexity index is 338. The molecule has 5 heteroatoms. The lowest BCUT2D eigenvalue weighted by Crippen LogP contribution is -2.07. The second-order valence-electron chi connectivity index (χ2n) is 3.51. The van der Waals surface area contributed by atoms with E-state index >= 15 is 0 Å². The number of unbranched alkanes of at least 4 members (excludes halogenated alkanes) is 1. The molecule has 0 unspecified atom stereocenters. The number of ether oxygens (including phenoxy) is 1. The fourth-order valence-corrected chi connectivity index (χ4v) is 1.29. The summed E-state index contributed by atoms with van der Waals surface area (Å²) in [7, 11) is 0. The molecule has 0 aliphatic rings. The highest BCUT2D eigenvalue weighted by atomic mass is 16.5. The minimum Gasteiger partial charge on any atom is -0.462 e. The molecule has 0 saturated heterocycles. The van der Waals surface area contributed by atoms with Crippen LogP contribution in [-0.2, 0) is 4.74 Å². The number of nitrogens with one attached hydrogen (secondary N) is 1. The van der Waals surface area contributed by atoms with Crippen LogP contribution < -0.4 is 5.32 Å².